The molecule has 1 aromatic heterocycles. The molecule has 0 spiro atoms. The van der Waals surface area contributed by atoms with Crippen LogP contribution in [-0.2, 0) is 16.3 Å². The topological polar surface area (TPSA) is 84.6 Å². The van der Waals surface area contributed by atoms with Crippen molar-refractivity contribution in [1.82, 2.24) is 0 Å². The van der Waals surface area contributed by atoms with Crippen molar-refractivity contribution >= 4 is 20.8 Å². The lowest BCUT2D eigenvalue weighted by Gasteiger charge is -2.11. The van der Waals surface area contributed by atoms with Crippen LogP contribution in [0.15, 0.2) is 73.6 Å². The molecule has 0 aliphatic rings. The second kappa shape index (κ2) is 7.85. The van der Waals surface area contributed by atoms with Gasteiger partial charge in [0.15, 0.2) is 4.90 Å². The molecule has 6 heteroatoms. The molecule has 0 aliphatic carbocycles. The molecule has 2 aromatic carbocycles. The van der Waals surface area contributed by atoms with E-state index in [1.54, 1.807) is 42.5 Å². The lowest BCUT2D eigenvalue weighted by atomic mass is 10.1. The molecule has 0 fully saturated rings. The average molecular weight is 372 g/mol. The van der Waals surface area contributed by atoms with Crippen LogP contribution in [0.5, 0.6) is 0 Å². The van der Waals surface area contributed by atoms with Crippen LogP contribution in [0.1, 0.15) is 25.0 Å². The number of sulfone groups is 1. The summed E-state index contributed by atoms with van der Waals surface area (Å²) in [5, 5.41) is 9.16. The minimum atomic E-state index is -3.99. The third kappa shape index (κ3) is 3.57. The zero-order chi connectivity index (χ0) is 18.6. The number of hydrogen-bond donors (Lipinski definition) is 1. The van der Waals surface area contributed by atoms with Gasteiger partial charge in [0.2, 0.25) is 15.3 Å². The summed E-state index contributed by atoms with van der Waals surface area (Å²) in [5.41, 5.74) is -0.158. The Balaban J connectivity index is 2.18. The molecule has 1 heterocycles. The molecular formula is C20H20O5S. The Kier molecular flexibility index (Phi) is 5.54. The molecule has 0 saturated carbocycles. The van der Waals surface area contributed by atoms with E-state index in [1.165, 1.54) is 12.1 Å². The van der Waals surface area contributed by atoms with Crippen LogP contribution in [0.4, 0.5) is 0 Å². The largest absolute Gasteiger partial charge is 0.459 e. The van der Waals surface area contributed by atoms with Gasteiger partial charge in [-0.2, -0.15) is 0 Å². The molecule has 0 saturated heterocycles. The third-order valence-corrected chi connectivity index (χ3v) is 6.05. The Morgan fingerprint density at radius 3 is 2.31 bits per heavy atom. The highest BCUT2D eigenvalue weighted by Crippen LogP contribution is 2.26. The molecule has 0 bridgehead atoms. The zero-order valence-corrected chi connectivity index (χ0v) is 15.0. The van der Waals surface area contributed by atoms with Gasteiger partial charge in [-0.3, -0.25) is 4.79 Å². The Morgan fingerprint density at radius 2 is 1.58 bits per heavy atom. The highest BCUT2D eigenvalue weighted by molar-refractivity contribution is 7.91. The van der Waals surface area contributed by atoms with Crippen molar-refractivity contribution in [2.45, 2.75) is 35.5 Å². The predicted octanol–water partition coefficient (Wildman–Crippen LogP) is 3.33. The number of para-hydroxylation sites is 1. The molecule has 3 aromatic rings. The van der Waals surface area contributed by atoms with Crippen LogP contribution >= 0.6 is 0 Å². The quantitative estimate of drug-likeness (QED) is 0.643. The van der Waals surface area contributed by atoms with Gasteiger partial charge in [0.25, 0.3) is 0 Å². The summed E-state index contributed by atoms with van der Waals surface area (Å²) in [4.78, 5) is 12.8. The van der Waals surface area contributed by atoms with Crippen LogP contribution in [-0.4, -0.2) is 20.1 Å². The van der Waals surface area contributed by atoms with Crippen LogP contribution in [0.2, 0.25) is 0 Å². The number of aliphatic hydroxyl groups is 1. The number of benzene rings is 2. The van der Waals surface area contributed by atoms with Gasteiger partial charge in [-0.15, -0.1) is 0 Å². The van der Waals surface area contributed by atoms with E-state index in [4.69, 9.17) is 9.52 Å². The van der Waals surface area contributed by atoms with Crippen molar-refractivity contribution in [2.75, 3.05) is 6.61 Å². The Morgan fingerprint density at radius 1 is 0.885 bits per heavy atom. The molecule has 0 amide bonds. The monoisotopic (exact) mass is 372 g/mol. The fourth-order valence-corrected chi connectivity index (χ4v) is 4.45. The van der Waals surface area contributed by atoms with E-state index in [2.05, 4.69) is 0 Å². The number of aliphatic hydroxyl groups excluding tert-OH is 1. The molecule has 1 N–H and O–H groups in total. The normalized spacial score (nSPS) is 11.7. The fraction of sp³-hybridized carbons (Fsp3) is 0.250. The van der Waals surface area contributed by atoms with E-state index >= 15 is 0 Å². The van der Waals surface area contributed by atoms with Gasteiger partial charge in [-0.1, -0.05) is 36.8 Å². The Hall–Kier alpha value is -2.44. The number of fused-ring (bicyclic) bond motifs is 1. The van der Waals surface area contributed by atoms with Crippen LogP contribution in [0.25, 0.3) is 11.0 Å². The van der Waals surface area contributed by atoms with Crippen molar-refractivity contribution in [3.63, 3.8) is 0 Å². The average Bonchev–Trinajstić information content (AvgIpc) is 2.66. The van der Waals surface area contributed by atoms with E-state index in [-0.39, 0.29) is 27.5 Å². The first-order valence-electron chi connectivity index (χ1n) is 8.51. The maximum absolute atomic E-state index is 13.1. The van der Waals surface area contributed by atoms with Gasteiger partial charge in [0.1, 0.15) is 11.3 Å². The van der Waals surface area contributed by atoms with Crippen molar-refractivity contribution in [2.24, 2.45) is 0 Å². The lowest BCUT2D eigenvalue weighted by Crippen LogP contribution is -2.18. The Labute approximate surface area is 151 Å². The van der Waals surface area contributed by atoms with Gasteiger partial charge in [-0.05, 0) is 37.1 Å². The highest BCUT2D eigenvalue weighted by atomic mass is 32.2. The summed E-state index contributed by atoms with van der Waals surface area (Å²) in [6.45, 7) is 0.0802. The smallest absolute Gasteiger partial charge is 0.213 e. The SMILES string of the molecule is O=c1c(S(=O)(=O)c2ccccc2)c(CCCCCO)oc2ccccc12. The van der Waals surface area contributed by atoms with E-state index in [1.807, 2.05) is 0 Å². The van der Waals surface area contributed by atoms with E-state index in [0.717, 1.165) is 6.42 Å². The molecule has 26 heavy (non-hydrogen) atoms. The first-order chi connectivity index (χ1) is 12.6. The summed E-state index contributed by atoms with van der Waals surface area (Å²) >= 11 is 0. The van der Waals surface area contributed by atoms with Gasteiger partial charge < -0.3 is 9.52 Å². The molecule has 0 radical (unpaired) electrons. The minimum Gasteiger partial charge on any atom is -0.459 e. The predicted molar refractivity (Wildman–Crippen MR) is 99.0 cm³/mol. The van der Waals surface area contributed by atoms with Crippen molar-refractivity contribution < 1.29 is 17.9 Å². The fourth-order valence-electron chi connectivity index (χ4n) is 2.90. The molecular weight excluding hydrogens is 352 g/mol. The molecule has 5 nitrogen and oxygen atoms in total. The van der Waals surface area contributed by atoms with E-state index in [0.29, 0.717) is 24.8 Å². The standard InChI is InChI=1S/C20H20O5S/c21-14-8-2-5-13-18-20(26(23,24)15-9-3-1-4-10-15)19(22)16-11-6-7-12-17(16)25-18/h1,3-4,6-7,9-12,21H,2,5,8,13-14H2. The molecule has 0 atom stereocenters. The summed E-state index contributed by atoms with van der Waals surface area (Å²) in [7, 11) is -3.99. The summed E-state index contributed by atoms with van der Waals surface area (Å²) < 4.78 is 32.0. The van der Waals surface area contributed by atoms with E-state index in [9.17, 15) is 13.2 Å². The van der Waals surface area contributed by atoms with Gasteiger partial charge >= 0.3 is 0 Å². The number of rotatable bonds is 7. The lowest BCUT2D eigenvalue weighted by molar-refractivity contribution is 0.282. The summed E-state index contributed by atoms with van der Waals surface area (Å²) in [5.74, 6) is 0.176. The summed E-state index contributed by atoms with van der Waals surface area (Å²) in [6, 6.07) is 14.6. The van der Waals surface area contributed by atoms with Crippen LogP contribution in [0.3, 0.4) is 0 Å². The van der Waals surface area contributed by atoms with Crippen molar-refractivity contribution in [1.29, 1.82) is 0 Å². The van der Waals surface area contributed by atoms with Gasteiger partial charge in [-0.25, -0.2) is 8.42 Å². The number of hydrogen-bond acceptors (Lipinski definition) is 5. The highest BCUT2D eigenvalue weighted by Gasteiger charge is 2.27. The van der Waals surface area contributed by atoms with Gasteiger partial charge in [0, 0.05) is 13.0 Å². The molecule has 0 aliphatic heterocycles. The Bertz CT molecular complexity index is 1050. The third-order valence-electron chi connectivity index (χ3n) is 4.21. The first kappa shape index (κ1) is 18.4. The maximum Gasteiger partial charge on any atom is 0.213 e. The van der Waals surface area contributed by atoms with Crippen molar-refractivity contribution in [3.05, 3.63) is 70.6 Å². The van der Waals surface area contributed by atoms with Gasteiger partial charge in [0.05, 0.1) is 10.3 Å². The second-order valence-electron chi connectivity index (χ2n) is 6.03. The van der Waals surface area contributed by atoms with E-state index < -0.39 is 15.3 Å². The minimum absolute atomic E-state index is 0.0687. The second-order valence-corrected chi connectivity index (χ2v) is 7.92. The number of aryl methyl sites for hydroxylation is 1. The first-order valence-corrected chi connectivity index (χ1v) is 9.99. The maximum atomic E-state index is 13.1. The molecule has 0 unspecified atom stereocenters. The molecule has 3 rings (SSSR count). The van der Waals surface area contributed by atoms with Crippen LogP contribution in [0, 0.1) is 0 Å². The summed E-state index contributed by atoms with van der Waals surface area (Å²) in [6.07, 6.45) is 2.29. The van der Waals surface area contributed by atoms with Crippen molar-refractivity contribution in [3.8, 4) is 0 Å². The molecule has 136 valence electrons. The van der Waals surface area contributed by atoms with Crippen LogP contribution < -0.4 is 5.43 Å². The zero-order valence-electron chi connectivity index (χ0n) is 14.2. The number of unbranched alkanes of at least 4 members (excludes halogenated alkanes) is 2.